The van der Waals surface area contributed by atoms with Gasteiger partial charge in [-0.05, 0) is 0 Å². The molecular formula is C5H9N5S. The Morgan fingerprint density at radius 2 is 2.55 bits per heavy atom. The first-order valence-corrected chi connectivity index (χ1v) is 3.42. The van der Waals surface area contributed by atoms with Crippen molar-refractivity contribution in [3.63, 3.8) is 0 Å². The van der Waals surface area contributed by atoms with Crippen LogP contribution in [0.1, 0.15) is 0 Å². The Morgan fingerprint density at radius 1 is 1.82 bits per heavy atom. The minimum Gasteiger partial charge on any atom is -0.287 e. The summed E-state index contributed by atoms with van der Waals surface area (Å²) >= 11 is 4.87. The molecular weight excluding hydrogens is 162 g/mol. The van der Waals surface area contributed by atoms with Crippen LogP contribution in [-0.4, -0.2) is 22.0 Å². The molecule has 0 aromatic carbocycles. The second-order valence-corrected chi connectivity index (χ2v) is 2.35. The van der Waals surface area contributed by atoms with Gasteiger partial charge in [0.25, 0.3) is 0 Å². The lowest BCUT2D eigenvalue weighted by molar-refractivity contribution is 0.880. The average Bonchev–Trinajstić information content (AvgIpc) is 2.36. The van der Waals surface area contributed by atoms with Gasteiger partial charge in [0, 0.05) is 0 Å². The Balaban J connectivity index is 2.83. The molecule has 1 rings (SSSR count). The molecule has 0 amide bonds. The Morgan fingerprint density at radius 3 is 3.00 bits per heavy atom. The number of hydrogen-bond donors (Lipinski definition) is 3. The van der Waals surface area contributed by atoms with Gasteiger partial charge in [-0.1, -0.05) is 18.3 Å². The third kappa shape index (κ3) is 1.66. The Bertz CT molecular complexity index is 287. The van der Waals surface area contributed by atoms with Gasteiger partial charge in [0.1, 0.15) is 0 Å². The molecule has 0 atom stereocenters. The molecule has 0 aliphatic heterocycles. The highest BCUT2D eigenvalue weighted by Gasteiger charge is 2.03. The standard InChI is InChI=1S/C5H9N5S/c1-2-3-10(6)4-5(11)8-9-7-4/h2H,1,3,6H2,(H2,7,8,9,11). The molecule has 0 spiro atoms. The van der Waals surface area contributed by atoms with Gasteiger partial charge in [0.15, 0.2) is 4.64 Å². The quantitative estimate of drug-likeness (QED) is 0.265. The maximum absolute atomic E-state index is 5.54. The number of anilines is 1. The Labute approximate surface area is 68.9 Å². The summed E-state index contributed by atoms with van der Waals surface area (Å²) in [6.07, 6.45) is 1.67. The van der Waals surface area contributed by atoms with E-state index < -0.39 is 0 Å². The van der Waals surface area contributed by atoms with Crippen LogP contribution in [0.2, 0.25) is 0 Å². The summed E-state index contributed by atoms with van der Waals surface area (Å²) < 4.78 is 0.495. The van der Waals surface area contributed by atoms with Crippen molar-refractivity contribution >= 4 is 18.0 Å². The fourth-order valence-electron chi connectivity index (χ4n) is 0.659. The summed E-state index contributed by atoms with van der Waals surface area (Å²) in [7, 11) is 0. The number of hydrogen-bond acceptors (Lipinski definition) is 4. The van der Waals surface area contributed by atoms with Crippen LogP contribution in [0.25, 0.3) is 0 Å². The van der Waals surface area contributed by atoms with Crippen LogP contribution < -0.4 is 10.9 Å². The molecule has 0 saturated carbocycles. The number of hydrazine groups is 1. The lowest BCUT2D eigenvalue weighted by Crippen LogP contribution is -2.31. The summed E-state index contributed by atoms with van der Waals surface area (Å²) in [6.45, 7) is 4.05. The number of nitrogens with two attached hydrogens (primary N) is 1. The van der Waals surface area contributed by atoms with Crippen LogP contribution in [0.3, 0.4) is 0 Å². The molecule has 0 aliphatic carbocycles. The van der Waals surface area contributed by atoms with Crippen LogP contribution in [0.5, 0.6) is 0 Å². The van der Waals surface area contributed by atoms with E-state index in [0.717, 1.165) is 0 Å². The monoisotopic (exact) mass is 171 g/mol. The molecule has 0 unspecified atom stereocenters. The fraction of sp³-hybridized carbons (Fsp3) is 0.200. The lowest BCUT2D eigenvalue weighted by atomic mass is 10.6. The van der Waals surface area contributed by atoms with Gasteiger partial charge < -0.3 is 0 Å². The van der Waals surface area contributed by atoms with Crippen molar-refractivity contribution in [1.82, 2.24) is 15.4 Å². The van der Waals surface area contributed by atoms with Crippen LogP contribution in [0.4, 0.5) is 5.82 Å². The molecule has 0 saturated heterocycles. The predicted molar refractivity (Wildman–Crippen MR) is 45.5 cm³/mol. The van der Waals surface area contributed by atoms with Crippen LogP contribution >= 0.6 is 12.2 Å². The van der Waals surface area contributed by atoms with E-state index in [-0.39, 0.29) is 0 Å². The van der Waals surface area contributed by atoms with Crippen molar-refractivity contribution in [2.45, 2.75) is 0 Å². The van der Waals surface area contributed by atoms with Gasteiger partial charge in [0.2, 0.25) is 5.82 Å². The van der Waals surface area contributed by atoms with Crippen molar-refractivity contribution in [2.24, 2.45) is 5.84 Å². The van der Waals surface area contributed by atoms with Gasteiger partial charge >= 0.3 is 0 Å². The van der Waals surface area contributed by atoms with Crippen LogP contribution in [0.15, 0.2) is 12.7 Å². The Kier molecular flexibility index (Phi) is 2.40. The van der Waals surface area contributed by atoms with E-state index in [4.69, 9.17) is 18.1 Å². The van der Waals surface area contributed by atoms with E-state index in [9.17, 15) is 0 Å². The number of aromatic nitrogens is 3. The minimum atomic E-state index is 0.495. The smallest absolute Gasteiger partial charge is 0.201 e. The van der Waals surface area contributed by atoms with E-state index in [1.807, 2.05) is 0 Å². The molecule has 0 fully saturated rings. The van der Waals surface area contributed by atoms with Gasteiger partial charge in [0.05, 0.1) is 6.54 Å². The topological polar surface area (TPSA) is 73.7 Å². The third-order valence-corrected chi connectivity index (χ3v) is 1.42. The highest BCUT2D eigenvalue weighted by molar-refractivity contribution is 7.71. The number of nitrogens with zero attached hydrogens (tertiary/aromatic N) is 2. The molecule has 0 radical (unpaired) electrons. The molecule has 1 heterocycles. The van der Waals surface area contributed by atoms with Gasteiger partial charge in [-0.2, -0.15) is 0 Å². The maximum atomic E-state index is 5.54. The first kappa shape index (κ1) is 7.96. The molecule has 60 valence electrons. The summed E-state index contributed by atoms with van der Waals surface area (Å²) in [5.74, 6) is 6.07. The van der Waals surface area contributed by atoms with Crippen LogP contribution in [-0.2, 0) is 0 Å². The highest BCUT2D eigenvalue weighted by atomic mass is 32.1. The number of nitrogens with one attached hydrogen (secondary N) is 2. The molecule has 4 N–H and O–H groups in total. The number of aromatic amines is 2. The molecule has 1 aromatic heterocycles. The first-order chi connectivity index (χ1) is 5.25. The van der Waals surface area contributed by atoms with Crippen molar-refractivity contribution in [1.29, 1.82) is 0 Å². The zero-order chi connectivity index (χ0) is 8.27. The van der Waals surface area contributed by atoms with E-state index in [1.165, 1.54) is 5.01 Å². The average molecular weight is 171 g/mol. The number of H-pyrrole nitrogens is 2. The van der Waals surface area contributed by atoms with Crippen molar-refractivity contribution in [3.05, 3.63) is 17.3 Å². The lowest BCUT2D eigenvalue weighted by Gasteiger charge is -2.10. The molecule has 0 bridgehead atoms. The second-order valence-electron chi connectivity index (χ2n) is 1.94. The maximum Gasteiger partial charge on any atom is 0.201 e. The van der Waals surface area contributed by atoms with E-state index >= 15 is 0 Å². The summed E-state index contributed by atoms with van der Waals surface area (Å²) in [5.41, 5.74) is 0. The van der Waals surface area contributed by atoms with E-state index in [2.05, 4.69) is 22.0 Å². The molecule has 0 aliphatic rings. The molecule has 11 heavy (non-hydrogen) atoms. The zero-order valence-electron chi connectivity index (χ0n) is 5.87. The zero-order valence-corrected chi connectivity index (χ0v) is 6.69. The SMILES string of the molecule is C=CCN(N)c1n[nH][nH]c1=S. The largest absolute Gasteiger partial charge is 0.287 e. The van der Waals surface area contributed by atoms with E-state index in [1.54, 1.807) is 6.08 Å². The second kappa shape index (κ2) is 3.31. The van der Waals surface area contributed by atoms with Crippen molar-refractivity contribution < 1.29 is 0 Å². The summed E-state index contributed by atoms with van der Waals surface area (Å²) in [5, 5.41) is 10.3. The van der Waals surface area contributed by atoms with Crippen LogP contribution in [0, 0.1) is 4.64 Å². The first-order valence-electron chi connectivity index (χ1n) is 3.02. The van der Waals surface area contributed by atoms with Crippen molar-refractivity contribution in [2.75, 3.05) is 11.6 Å². The number of rotatable bonds is 3. The fourth-order valence-corrected chi connectivity index (χ4v) is 0.867. The molecule has 5 nitrogen and oxygen atoms in total. The molecule has 6 heteroatoms. The summed E-state index contributed by atoms with van der Waals surface area (Å²) in [6, 6.07) is 0. The summed E-state index contributed by atoms with van der Waals surface area (Å²) in [4.78, 5) is 0. The van der Waals surface area contributed by atoms with Crippen molar-refractivity contribution in [3.8, 4) is 0 Å². The third-order valence-electron chi connectivity index (χ3n) is 1.13. The normalized spacial score (nSPS) is 9.55. The van der Waals surface area contributed by atoms with Gasteiger partial charge in [-0.15, -0.1) is 11.7 Å². The molecule has 1 aromatic rings. The highest BCUT2D eigenvalue weighted by Crippen LogP contribution is 2.04. The van der Waals surface area contributed by atoms with Gasteiger partial charge in [-0.3, -0.25) is 10.1 Å². The van der Waals surface area contributed by atoms with E-state index in [0.29, 0.717) is 17.0 Å². The predicted octanol–water partition coefficient (Wildman–Crippen LogP) is 0.333. The Hall–Kier alpha value is -1.14. The van der Waals surface area contributed by atoms with Gasteiger partial charge in [-0.25, -0.2) is 11.1 Å². The minimum absolute atomic E-state index is 0.495.